The molecule has 146 valence electrons. The predicted molar refractivity (Wildman–Crippen MR) is 96.2 cm³/mol. The summed E-state index contributed by atoms with van der Waals surface area (Å²) in [5.74, 6) is 0.615. The highest BCUT2D eigenvalue weighted by molar-refractivity contribution is 5.93. The molecule has 27 heavy (non-hydrogen) atoms. The minimum atomic E-state index is -1.21. The Balaban J connectivity index is 2.23. The Bertz CT molecular complexity index is 667. The van der Waals surface area contributed by atoms with Gasteiger partial charge >= 0.3 is 0 Å². The molecule has 0 aromatic heterocycles. The lowest BCUT2D eigenvalue weighted by Gasteiger charge is -2.15. The van der Waals surface area contributed by atoms with Gasteiger partial charge in [0.1, 0.15) is 0 Å². The second-order valence-corrected chi connectivity index (χ2v) is 5.77. The maximum Gasteiger partial charge on any atom is 0.293 e. The third kappa shape index (κ3) is 8.04. The molecular weight excluding hydrogens is 354 g/mol. The van der Waals surface area contributed by atoms with Gasteiger partial charge in [0.2, 0.25) is 17.6 Å². The summed E-state index contributed by atoms with van der Waals surface area (Å²) in [5.41, 5.74) is 6.48. The molecule has 10 nitrogen and oxygen atoms in total. The van der Waals surface area contributed by atoms with Crippen molar-refractivity contribution in [1.29, 1.82) is 5.41 Å². The lowest BCUT2D eigenvalue weighted by atomic mass is 10.2. The summed E-state index contributed by atoms with van der Waals surface area (Å²) >= 11 is 0. The summed E-state index contributed by atoms with van der Waals surface area (Å²) in [6.07, 6.45) is 7.57. The number of carbonyl (C=O) groups is 4. The van der Waals surface area contributed by atoms with Gasteiger partial charge in [-0.25, -0.2) is 0 Å². The lowest BCUT2D eigenvalue weighted by Crippen LogP contribution is -2.41. The van der Waals surface area contributed by atoms with Crippen molar-refractivity contribution in [3.8, 4) is 12.3 Å². The topological polar surface area (TPSA) is 155 Å². The van der Waals surface area contributed by atoms with E-state index < -0.39 is 24.3 Å². The fourth-order valence-corrected chi connectivity index (χ4v) is 2.30. The zero-order valence-corrected chi connectivity index (χ0v) is 14.8. The van der Waals surface area contributed by atoms with Crippen molar-refractivity contribution in [2.45, 2.75) is 25.3 Å². The zero-order chi connectivity index (χ0) is 20.2. The summed E-state index contributed by atoms with van der Waals surface area (Å²) in [4.78, 5) is 46.9. The Morgan fingerprint density at radius 2 is 2.11 bits per heavy atom. The molecule has 1 rings (SSSR count). The molecule has 1 aliphatic rings. The first-order chi connectivity index (χ1) is 12.9. The second kappa shape index (κ2) is 11.3. The van der Waals surface area contributed by atoms with Crippen LogP contribution in [0.5, 0.6) is 0 Å². The third-order valence-electron chi connectivity index (χ3n) is 3.77. The largest absolute Gasteiger partial charge is 0.460 e. The van der Waals surface area contributed by atoms with Gasteiger partial charge in [-0.2, -0.15) is 0 Å². The highest BCUT2D eigenvalue weighted by Gasteiger charge is 2.19. The van der Waals surface area contributed by atoms with E-state index >= 15 is 0 Å². The Labute approximate surface area is 157 Å². The molecule has 0 saturated heterocycles. The molecule has 0 fully saturated rings. The maximum absolute atomic E-state index is 11.8. The number of ether oxygens (including phenoxy) is 1. The van der Waals surface area contributed by atoms with E-state index in [0.717, 1.165) is 5.57 Å². The van der Waals surface area contributed by atoms with E-state index in [2.05, 4.69) is 21.3 Å². The van der Waals surface area contributed by atoms with Gasteiger partial charge in [-0.05, 0) is 6.42 Å². The number of guanidine groups is 1. The van der Waals surface area contributed by atoms with Crippen LogP contribution >= 0.6 is 0 Å². The summed E-state index contributed by atoms with van der Waals surface area (Å²) in [6.45, 7) is 1.15. The number of hydrogen-bond donors (Lipinski definition) is 4. The number of nitrogens with zero attached hydrogens (tertiary/aromatic N) is 1. The molecule has 0 aromatic carbocycles. The van der Waals surface area contributed by atoms with Crippen LogP contribution in [0.25, 0.3) is 0 Å². The fourth-order valence-electron chi connectivity index (χ4n) is 2.30. The molecule has 1 unspecified atom stereocenters. The van der Waals surface area contributed by atoms with Crippen LogP contribution in [0.3, 0.4) is 0 Å². The normalized spacial score (nSPS) is 13.7. The highest BCUT2D eigenvalue weighted by Crippen LogP contribution is 2.11. The van der Waals surface area contributed by atoms with Gasteiger partial charge < -0.3 is 26.0 Å². The first-order valence-electron chi connectivity index (χ1n) is 8.24. The molecule has 1 heterocycles. The summed E-state index contributed by atoms with van der Waals surface area (Å²) in [7, 11) is 0. The number of amides is 2. The second-order valence-electron chi connectivity index (χ2n) is 5.77. The van der Waals surface area contributed by atoms with E-state index in [1.807, 2.05) is 6.08 Å². The average molecular weight is 377 g/mol. The molecule has 10 heteroatoms. The van der Waals surface area contributed by atoms with E-state index in [9.17, 15) is 19.2 Å². The number of Topliss-reactive ketones (excluding diaryl/α,β-unsaturated/α-hetero) is 1. The van der Waals surface area contributed by atoms with E-state index in [0.29, 0.717) is 26.1 Å². The van der Waals surface area contributed by atoms with Crippen LogP contribution in [0.15, 0.2) is 11.6 Å². The van der Waals surface area contributed by atoms with Gasteiger partial charge in [-0.3, -0.25) is 24.6 Å². The molecule has 1 aliphatic heterocycles. The molecule has 0 spiro atoms. The summed E-state index contributed by atoms with van der Waals surface area (Å²) in [6, 6.07) is -1.21. The zero-order valence-electron chi connectivity index (χ0n) is 14.8. The fraction of sp³-hybridized carbons (Fsp3) is 0.471. The highest BCUT2D eigenvalue weighted by atomic mass is 16.5. The van der Waals surface area contributed by atoms with E-state index in [4.69, 9.17) is 17.6 Å². The SMILES string of the molecule is C#CC(NC(=O)CCC(=O)NCCC1=CCN(C(=N)N)C1)C(=O)COC=O. The molecule has 2 amide bonds. The molecule has 0 saturated carbocycles. The smallest absolute Gasteiger partial charge is 0.293 e. The quantitative estimate of drug-likeness (QED) is 0.110. The summed E-state index contributed by atoms with van der Waals surface area (Å²) < 4.78 is 4.30. The van der Waals surface area contributed by atoms with Crippen LogP contribution < -0.4 is 16.4 Å². The van der Waals surface area contributed by atoms with Crippen molar-refractivity contribution in [2.75, 3.05) is 26.2 Å². The third-order valence-corrected chi connectivity index (χ3v) is 3.77. The van der Waals surface area contributed by atoms with Gasteiger partial charge in [-0.1, -0.05) is 17.6 Å². The molecule has 0 radical (unpaired) electrons. The average Bonchev–Trinajstić information content (AvgIpc) is 3.11. The van der Waals surface area contributed by atoms with Gasteiger partial charge in [0.05, 0.1) is 0 Å². The number of carbonyl (C=O) groups excluding carboxylic acids is 4. The number of rotatable bonds is 11. The van der Waals surface area contributed by atoms with Crippen LogP contribution in [0.1, 0.15) is 19.3 Å². The molecule has 0 aromatic rings. The van der Waals surface area contributed by atoms with Crippen LogP contribution in [0.2, 0.25) is 0 Å². The number of terminal acetylenes is 1. The van der Waals surface area contributed by atoms with Crippen molar-refractivity contribution < 1.29 is 23.9 Å². The Morgan fingerprint density at radius 3 is 2.70 bits per heavy atom. The molecular formula is C17H23N5O5. The Hall–Kier alpha value is -3.35. The van der Waals surface area contributed by atoms with Crippen molar-refractivity contribution >= 4 is 30.0 Å². The van der Waals surface area contributed by atoms with Crippen LogP contribution in [-0.2, 0) is 23.9 Å². The van der Waals surface area contributed by atoms with Crippen molar-refractivity contribution in [1.82, 2.24) is 15.5 Å². The van der Waals surface area contributed by atoms with Gasteiger partial charge in [0, 0.05) is 32.5 Å². The van der Waals surface area contributed by atoms with Crippen LogP contribution in [-0.4, -0.2) is 67.2 Å². The minimum absolute atomic E-state index is 0.0118. The predicted octanol–water partition coefficient (Wildman–Crippen LogP) is -1.73. The Morgan fingerprint density at radius 1 is 1.41 bits per heavy atom. The monoisotopic (exact) mass is 377 g/mol. The van der Waals surface area contributed by atoms with E-state index in [-0.39, 0.29) is 31.2 Å². The van der Waals surface area contributed by atoms with Gasteiger partial charge in [-0.15, -0.1) is 6.42 Å². The number of hydrogen-bond acceptors (Lipinski definition) is 6. The summed E-state index contributed by atoms with van der Waals surface area (Å²) in [5, 5.41) is 12.3. The Kier molecular flexibility index (Phi) is 9.08. The van der Waals surface area contributed by atoms with E-state index in [1.165, 1.54) is 0 Å². The molecule has 1 atom stereocenters. The number of nitrogens with one attached hydrogen (secondary N) is 3. The molecule has 0 aliphatic carbocycles. The standard InChI is InChI=1S/C17H23N5O5/c1-2-13(14(24)10-27-11-23)21-16(26)4-3-15(25)20-7-5-12-6-8-22(9-12)17(18)19/h1,6,11,13H,3-5,7-10H2,(H3,18,19)(H,20,25)(H,21,26). The molecule has 0 bridgehead atoms. The van der Waals surface area contributed by atoms with Crippen molar-refractivity contribution in [3.05, 3.63) is 11.6 Å². The van der Waals surface area contributed by atoms with Crippen molar-refractivity contribution in [3.63, 3.8) is 0 Å². The maximum atomic E-state index is 11.8. The minimum Gasteiger partial charge on any atom is -0.460 e. The van der Waals surface area contributed by atoms with Gasteiger partial charge in [0.25, 0.3) is 6.47 Å². The van der Waals surface area contributed by atoms with Gasteiger partial charge in [0.15, 0.2) is 18.6 Å². The first-order valence-corrected chi connectivity index (χ1v) is 8.24. The number of ketones is 1. The lowest BCUT2D eigenvalue weighted by molar-refractivity contribution is -0.137. The number of nitrogens with two attached hydrogens (primary N) is 1. The van der Waals surface area contributed by atoms with E-state index in [1.54, 1.807) is 4.90 Å². The first kappa shape index (κ1) is 21.7. The molecule has 5 N–H and O–H groups in total. The van der Waals surface area contributed by atoms with Crippen LogP contribution in [0.4, 0.5) is 0 Å². The van der Waals surface area contributed by atoms with Crippen LogP contribution in [0, 0.1) is 17.8 Å². The van der Waals surface area contributed by atoms with Crippen molar-refractivity contribution in [2.24, 2.45) is 5.73 Å².